The summed E-state index contributed by atoms with van der Waals surface area (Å²) in [6.07, 6.45) is 1.98. The van der Waals surface area contributed by atoms with Gasteiger partial charge in [0.25, 0.3) is 0 Å². The van der Waals surface area contributed by atoms with Crippen LogP contribution in [0.1, 0.15) is 5.69 Å². The van der Waals surface area contributed by atoms with Crippen molar-refractivity contribution in [2.75, 3.05) is 0 Å². The van der Waals surface area contributed by atoms with Gasteiger partial charge in [-0.2, -0.15) is 0 Å². The number of benzene rings is 3. The van der Waals surface area contributed by atoms with Crippen molar-refractivity contribution in [3.8, 4) is 5.75 Å². The predicted octanol–water partition coefficient (Wildman–Crippen LogP) is 8.19. The number of rotatable bonds is 5. The summed E-state index contributed by atoms with van der Waals surface area (Å²) in [5.41, 5.74) is 3.00. The van der Waals surface area contributed by atoms with Gasteiger partial charge in [0.05, 0.1) is 15.7 Å². The summed E-state index contributed by atoms with van der Waals surface area (Å²) in [4.78, 5) is 4.82. The summed E-state index contributed by atoms with van der Waals surface area (Å²) in [5, 5.41) is 1.83. The molecule has 0 amide bonds. The normalized spacial score (nSPS) is 12.9. The van der Waals surface area contributed by atoms with Crippen LogP contribution in [-0.4, -0.2) is 9.38 Å². The Labute approximate surface area is 216 Å². The van der Waals surface area contributed by atoms with Crippen molar-refractivity contribution >= 4 is 68.5 Å². The van der Waals surface area contributed by atoms with Crippen molar-refractivity contribution in [3.63, 3.8) is 0 Å². The molecular weight excluding hydrogens is 552 g/mol. The Morgan fingerprint density at radius 3 is 2.24 bits per heavy atom. The molecule has 0 unspecified atom stereocenters. The second-order valence-corrected chi connectivity index (χ2v) is 11.8. The molecule has 2 aromatic heterocycles. The summed E-state index contributed by atoms with van der Waals surface area (Å²) < 4.78 is 15.2. The summed E-state index contributed by atoms with van der Waals surface area (Å²) in [5.74, 6) is 0.678. The van der Waals surface area contributed by atoms with Crippen LogP contribution in [0.15, 0.2) is 106 Å². The SMILES string of the molecule is Cc1nc2ccccn2c1[P@](=Nc1c(Cl)cccc1Cl)(Oc1ccc(Br)cc1)c1ccccc1. The first-order valence-electron chi connectivity index (χ1n) is 10.5. The van der Waals surface area contributed by atoms with Crippen molar-refractivity contribution in [1.29, 1.82) is 0 Å². The van der Waals surface area contributed by atoms with E-state index in [0.29, 0.717) is 21.5 Å². The van der Waals surface area contributed by atoms with Crippen LogP contribution < -0.4 is 15.3 Å². The van der Waals surface area contributed by atoms with E-state index >= 15 is 0 Å². The van der Waals surface area contributed by atoms with Gasteiger partial charge in [-0.05, 0) is 67.6 Å². The van der Waals surface area contributed by atoms with Crippen LogP contribution in [0, 0.1) is 6.92 Å². The van der Waals surface area contributed by atoms with Crippen LogP contribution in [0.25, 0.3) is 5.65 Å². The number of imidazole rings is 1. The first kappa shape index (κ1) is 23.2. The van der Waals surface area contributed by atoms with Gasteiger partial charge in [0.2, 0.25) is 7.28 Å². The molecular formula is C26H19BrCl2N3OP. The number of hydrogen-bond acceptors (Lipinski definition) is 3. The smallest absolute Gasteiger partial charge is 0.215 e. The summed E-state index contributed by atoms with van der Waals surface area (Å²) in [7, 11) is -3.01. The third-order valence-corrected chi connectivity index (χ3v) is 9.50. The topological polar surface area (TPSA) is 38.9 Å². The largest absolute Gasteiger partial charge is 0.450 e. The first-order valence-corrected chi connectivity index (χ1v) is 13.7. The molecule has 0 aliphatic carbocycles. The van der Waals surface area contributed by atoms with Crippen LogP contribution >= 0.6 is 46.4 Å². The van der Waals surface area contributed by atoms with E-state index in [2.05, 4.69) is 15.9 Å². The monoisotopic (exact) mass is 569 g/mol. The first-order chi connectivity index (χ1) is 16.5. The second-order valence-electron chi connectivity index (χ2n) is 7.58. The Morgan fingerprint density at radius 1 is 0.853 bits per heavy atom. The Balaban J connectivity index is 1.94. The maximum absolute atomic E-state index is 6.94. The van der Waals surface area contributed by atoms with Gasteiger partial charge in [0.1, 0.15) is 22.5 Å². The van der Waals surface area contributed by atoms with Crippen LogP contribution in [0.3, 0.4) is 0 Å². The van der Waals surface area contributed by atoms with E-state index in [-0.39, 0.29) is 0 Å². The van der Waals surface area contributed by atoms with Gasteiger partial charge < -0.3 is 4.52 Å². The fourth-order valence-electron chi connectivity index (χ4n) is 3.81. The molecule has 0 aliphatic rings. The van der Waals surface area contributed by atoms with E-state index in [9.17, 15) is 0 Å². The molecule has 8 heteroatoms. The number of aromatic nitrogens is 2. The molecule has 0 saturated heterocycles. The Morgan fingerprint density at radius 2 is 1.53 bits per heavy atom. The van der Waals surface area contributed by atoms with Gasteiger partial charge in [0, 0.05) is 16.0 Å². The van der Waals surface area contributed by atoms with Gasteiger partial charge in [-0.3, -0.25) is 4.40 Å². The quantitative estimate of drug-likeness (QED) is 0.200. The molecule has 5 aromatic rings. The van der Waals surface area contributed by atoms with E-state index in [1.165, 1.54) is 0 Å². The summed E-state index contributed by atoms with van der Waals surface area (Å²) in [6.45, 7) is 1.98. The molecule has 2 heterocycles. The zero-order chi connectivity index (χ0) is 23.7. The third-order valence-electron chi connectivity index (χ3n) is 5.30. The van der Waals surface area contributed by atoms with Crippen molar-refractivity contribution in [2.45, 2.75) is 6.92 Å². The average Bonchev–Trinajstić information content (AvgIpc) is 3.19. The molecule has 5 rings (SSSR count). The molecule has 0 fully saturated rings. The fraction of sp³-hybridized carbons (Fsp3) is 0.0385. The lowest BCUT2D eigenvalue weighted by Crippen LogP contribution is -2.25. The molecule has 0 spiro atoms. The van der Waals surface area contributed by atoms with Crippen molar-refractivity contribution in [1.82, 2.24) is 9.38 Å². The highest BCUT2D eigenvalue weighted by Gasteiger charge is 2.34. The van der Waals surface area contributed by atoms with Crippen LogP contribution in [0.5, 0.6) is 5.75 Å². The highest BCUT2D eigenvalue weighted by Crippen LogP contribution is 2.54. The van der Waals surface area contributed by atoms with Crippen LogP contribution in [0.4, 0.5) is 5.69 Å². The summed E-state index contributed by atoms with van der Waals surface area (Å²) >= 11 is 16.8. The van der Waals surface area contributed by atoms with Crippen molar-refractivity contribution in [3.05, 3.63) is 117 Å². The highest BCUT2D eigenvalue weighted by molar-refractivity contribution is 9.10. The highest BCUT2D eigenvalue weighted by atomic mass is 79.9. The number of halogens is 3. The van der Waals surface area contributed by atoms with Gasteiger partial charge in [-0.15, -0.1) is 0 Å². The standard InChI is InChI=1S/C26H19BrCl2N3OP/c1-18-26(32-17-6-5-12-24(32)30-18)34(21-8-3-2-4-9-21,33-20-15-13-19(27)14-16-20)31-25-22(28)10-7-11-23(25)29/h2-17H,1H3/t34-/m1/s1. The molecule has 4 nitrogen and oxygen atoms in total. The summed E-state index contributed by atoms with van der Waals surface area (Å²) in [6, 6.07) is 29.0. The average molecular weight is 571 g/mol. The minimum absolute atomic E-state index is 0.457. The van der Waals surface area contributed by atoms with Crippen LogP contribution in [0.2, 0.25) is 10.0 Å². The number of aryl methyl sites for hydroxylation is 1. The predicted molar refractivity (Wildman–Crippen MR) is 146 cm³/mol. The van der Waals surface area contributed by atoms with Gasteiger partial charge >= 0.3 is 0 Å². The number of pyridine rings is 1. The van der Waals surface area contributed by atoms with E-state index in [4.69, 9.17) is 37.5 Å². The third kappa shape index (κ3) is 4.30. The maximum Gasteiger partial charge on any atom is 0.215 e. The molecule has 0 saturated carbocycles. The fourth-order valence-corrected chi connectivity index (χ4v) is 7.81. The molecule has 170 valence electrons. The van der Waals surface area contributed by atoms with Gasteiger partial charge in [0.15, 0.2) is 0 Å². The van der Waals surface area contributed by atoms with Crippen molar-refractivity contribution < 1.29 is 4.52 Å². The molecule has 3 aromatic carbocycles. The maximum atomic E-state index is 6.94. The molecule has 34 heavy (non-hydrogen) atoms. The minimum Gasteiger partial charge on any atom is -0.450 e. The molecule has 1 atom stereocenters. The Hall–Kier alpha value is -2.56. The van der Waals surface area contributed by atoms with Gasteiger partial charge in [-0.1, -0.05) is 69.5 Å². The zero-order valence-corrected chi connectivity index (χ0v) is 22.1. The Kier molecular flexibility index (Phi) is 6.54. The van der Waals surface area contributed by atoms with Crippen LogP contribution in [-0.2, 0) is 0 Å². The molecule has 0 N–H and O–H groups in total. The number of nitrogens with zero attached hydrogens (tertiary/aromatic N) is 3. The lowest BCUT2D eigenvalue weighted by atomic mass is 10.3. The van der Waals surface area contributed by atoms with E-state index < -0.39 is 7.28 Å². The molecule has 0 bridgehead atoms. The minimum atomic E-state index is -3.01. The number of hydrogen-bond donors (Lipinski definition) is 0. The lowest BCUT2D eigenvalue weighted by Gasteiger charge is -2.27. The van der Waals surface area contributed by atoms with Crippen molar-refractivity contribution in [2.24, 2.45) is 4.74 Å². The second kappa shape index (κ2) is 9.59. The van der Waals surface area contributed by atoms with E-state index in [1.807, 2.05) is 90.3 Å². The molecule has 0 aliphatic heterocycles. The number of fused-ring (bicyclic) bond motifs is 1. The van der Waals surface area contributed by atoms with E-state index in [0.717, 1.165) is 26.6 Å². The Bertz CT molecular complexity index is 1520. The van der Waals surface area contributed by atoms with Gasteiger partial charge in [-0.25, -0.2) is 9.73 Å². The lowest BCUT2D eigenvalue weighted by molar-refractivity contribution is 0.619. The molecule has 0 radical (unpaired) electrons. The zero-order valence-electron chi connectivity index (χ0n) is 18.1. The van der Waals surface area contributed by atoms with E-state index in [1.54, 1.807) is 18.2 Å².